The Kier molecular flexibility index (Phi) is 2.42. The van der Waals surface area contributed by atoms with E-state index in [1.54, 1.807) is 36.4 Å². The van der Waals surface area contributed by atoms with E-state index in [1.807, 2.05) is 0 Å². The van der Waals surface area contributed by atoms with E-state index in [1.165, 1.54) is 0 Å². The van der Waals surface area contributed by atoms with Gasteiger partial charge in [-0.2, -0.15) is 0 Å². The summed E-state index contributed by atoms with van der Waals surface area (Å²) in [6, 6.07) is 10.1. The molecule has 0 heterocycles. The van der Waals surface area contributed by atoms with Gasteiger partial charge in [-0.25, -0.2) is 0 Å². The Labute approximate surface area is 77.1 Å². The van der Waals surface area contributed by atoms with Crippen LogP contribution in [0, 0.1) is 0 Å². The molecule has 2 nitrogen and oxygen atoms in total. The van der Waals surface area contributed by atoms with Crippen LogP contribution in [0.25, 0.3) is 10.8 Å². The van der Waals surface area contributed by atoms with Crippen molar-refractivity contribution in [1.82, 2.24) is 0 Å². The molecule has 0 aliphatic rings. The third-order valence-corrected chi connectivity index (χ3v) is 1.88. The van der Waals surface area contributed by atoms with Crippen LogP contribution < -0.4 is 0 Å². The molecule has 0 atom stereocenters. The maximum Gasteiger partial charge on any atom is 0.123 e. The van der Waals surface area contributed by atoms with Crippen molar-refractivity contribution in [2.45, 2.75) is 7.43 Å². The zero-order valence-electron chi connectivity index (χ0n) is 6.36. The molecule has 0 spiro atoms. The highest BCUT2D eigenvalue weighted by atomic mass is 16.3. The molecule has 0 fully saturated rings. The highest BCUT2D eigenvalue weighted by molar-refractivity contribution is 5.92. The van der Waals surface area contributed by atoms with Gasteiger partial charge in [0.25, 0.3) is 0 Å². The Morgan fingerprint density at radius 2 is 1.08 bits per heavy atom. The lowest BCUT2D eigenvalue weighted by molar-refractivity contribution is 0.475. The lowest BCUT2D eigenvalue weighted by Crippen LogP contribution is -1.73. The van der Waals surface area contributed by atoms with E-state index in [2.05, 4.69) is 0 Å². The topological polar surface area (TPSA) is 40.5 Å². The Balaban J connectivity index is 0.000000845. The maximum atomic E-state index is 9.38. The number of phenols is 2. The van der Waals surface area contributed by atoms with Gasteiger partial charge < -0.3 is 10.2 Å². The molecule has 2 aromatic carbocycles. The second-order valence-electron chi connectivity index (χ2n) is 2.65. The summed E-state index contributed by atoms with van der Waals surface area (Å²) in [7, 11) is 0. The molecule has 2 heteroatoms. The molecule has 0 aromatic heterocycles. The monoisotopic (exact) mass is 176 g/mol. The Morgan fingerprint density at radius 1 is 0.692 bits per heavy atom. The number of hydrogen-bond donors (Lipinski definition) is 2. The molecule has 68 valence electrons. The van der Waals surface area contributed by atoms with Gasteiger partial charge in [0.05, 0.1) is 0 Å². The molecule has 0 aliphatic carbocycles. The minimum Gasteiger partial charge on any atom is -0.507 e. The van der Waals surface area contributed by atoms with Crippen LogP contribution in [-0.2, 0) is 0 Å². The SMILES string of the molecule is C.Oc1cccc2c(O)cccc12. The summed E-state index contributed by atoms with van der Waals surface area (Å²) in [6.07, 6.45) is 0. The number of rotatable bonds is 0. The molecule has 0 aliphatic heterocycles. The summed E-state index contributed by atoms with van der Waals surface area (Å²) in [4.78, 5) is 0. The number of aromatic hydroxyl groups is 2. The summed E-state index contributed by atoms with van der Waals surface area (Å²) >= 11 is 0. The van der Waals surface area contributed by atoms with E-state index in [0.717, 1.165) is 0 Å². The van der Waals surface area contributed by atoms with E-state index in [9.17, 15) is 10.2 Å². The first-order valence-electron chi connectivity index (χ1n) is 3.69. The van der Waals surface area contributed by atoms with Crippen molar-refractivity contribution < 1.29 is 10.2 Å². The fraction of sp³-hybridized carbons (Fsp3) is 0.0909. The smallest absolute Gasteiger partial charge is 0.123 e. The molecular formula is C11H12O2. The summed E-state index contributed by atoms with van der Waals surface area (Å²) in [5, 5.41) is 20.1. The van der Waals surface area contributed by atoms with Gasteiger partial charge in [-0.05, 0) is 12.1 Å². The fourth-order valence-electron chi connectivity index (χ4n) is 1.28. The van der Waals surface area contributed by atoms with E-state index < -0.39 is 0 Å². The minimum atomic E-state index is 0. The first kappa shape index (κ1) is 9.39. The summed E-state index contributed by atoms with van der Waals surface area (Å²) in [5.41, 5.74) is 0. The van der Waals surface area contributed by atoms with Crippen molar-refractivity contribution in [3.8, 4) is 11.5 Å². The van der Waals surface area contributed by atoms with Gasteiger partial charge in [0.2, 0.25) is 0 Å². The molecular weight excluding hydrogens is 164 g/mol. The van der Waals surface area contributed by atoms with Gasteiger partial charge in [0.15, 0.2) is 0 Å². The molecule has 0 unspecified atom stereocenters. The van der Waals surface area contributed by atoms with Crippen LogP contribution in [0.2, 0.25) is 0 Å². The second-order valence-corrected chi connectivity index (χ2v) is 2.65. The predicted octanol–water partition coefficient (Wildman–Crippen LogP) is 2.89. The lowest BCUT2D eigenvalue weighted by Gasteiger charge is -2.01. The molecule has 13 heavy (non-hydrogen) atoms. The average molecular weight is 176 g/mol. The highest BCUT2D eigenvalue weighted by Gasteiger charge is 2.00. The second kappa shape index (κ2) is 3.35. The molecule has 0 saturated heterocycles. The fourth-order valence-corrected chi connectivity index (χ4v) is 1.28. The number of phenolic OH excluding ortho intramolecular Hbond substituents is 2. The van der Waals surface area contributed by atoms with Gasteiger partial charge in [-0.15, -0.1) is 0 Å². The number of benzene rings is 2. The van der Waals surface area contributed by atoms with E-state index in [0.29, 0.717) is 10.8 Å². The molecule has 0 amide bonds. The summed E-state index contributed by atoms with van der Waals surface area (Å²) < 4.78 is 0. The lowest BCUT2D eigenvalue weighted by atomic mass is 10.1. The predicted molar refractivity (Wildman–Crippen MR) is 54.0 cm³/mol. The van der Waals surface area contributed by atoms with Crippen molar-refractivity contribution >= 4 is 10.8 Å². The minimum absolute atomic E-state index is 0. The Morgan fingerprint density at radius 3 is 1.46 bits per heavy atom. The van der Waals surface area contributed by atoms with E-state index in [4.69, 9.17) is 0 Å². The highest BCUT2D eigenvalue weighted by Crippen LogP contribution is 2.29. The van der Waals surface area contributed by atoms with Crippen molar-refractivity contribution in [2.75, 3.05) is 0 Å². The van der Waals surface area contributed by atoms with Crippen molar-refractivity contribution in [1.29, 1.82) is 0 Å². The third kappa shape index (κ3) is 1.43. The van der Waals surface area contributed by atoms with Crippen LogP contribution in [0.1, 0.15) is 7.43 Å². The van der Waals surface area contributed by atoms with Crippen LogP contribution >= 0.6 is 0 Å². The maximum absolute atomic E-state index is 9.38. The van der Waals surface area contributed by atoms with Crippen LogP contribution in [-0.4, -0.2) is 10.2 Å². The third-order valence-electron chi connectivity index (χ3n) is 1.88. The zero-order valence-corrected chi connectivity index (χ0v) is 6.36. The molecule has 0 bridgehead atoms. The van der Waals surface area contributed by atoms with E-state index in [-0.39, 0.29) is 18.9 Å². The first-order chi connectivity index (χ1) is 5.79. The largest absolute Gasteiger partial charge is 0.507 e. The molecule has 2 aromatic rings. The molecule has 2 N–H and O–H groups in total. The number of fused-ring (bicyclic) bond motifs is 1. The molecule has 0 radical (unpaired) electrons. The Hall–Kier alpha value is -1.70. The van der Waals surface area contributed by atoms with Crippen molar-refractivity contribution in [2.24, 2.45) is 0 Å². The van der Waals surface area contributed by atoms with Crippen molar-refractivity contribution in [3.05, 3.63) is 36.4 Å². The molecule has 0 saturated carbocycles. The number of hydrogen-bond acceptors (Lipinski definition) is 2. The van der Waals surface area contributed by atoms with Crippen molar-refractivity contribution in [3.63, 3.8) is 0 Å². The summed E-state index contributed by atoms with van der Waals surface area (Å²) in [6.45, 7) is 0. The van der Waals surface area contributed by atoms with Crippen LogP contribution in [0.15, 0.2) is 36.4 Å². The van der Waals surface area contributed by atoms with E-state index >= 15 is 0 Å². The average Bonchev–Trinajstić information content (AvgIpc) is 2.07. The first-order valence-corrected chi connectivity index (χ1v) is 3.69. The van der Waals surface area contributed by atoms with Gasteiger partial charge in [0, 0.05) is 10.8 Å². The van der Waals surface area contributed by atoms with Gasteiger partial charge in [0.1, 0.15) is 11.5 Å². The van der Waals surface area contributed by atoms with Crippen LogP contribution in [0.3, 0.4) is 0 Å². The van der Waals surface area contributed by atoms with Crippen LogP contribution in [0.4, 0.5) is 0 Å². The molecule has 2 rings (SSSR count). The summed E-state index contributed by atoms with van der Waals surface area (Å²) in [5.74, 6) is 0.395. The zero-order chi connectivity index (χ0) is 8.55. The van der Waals surface area contributed by atoms with Gasteiger partial charge in [-0.3, -0.25) is 0 Å². The Bertz CT molecular complexity index is 380. The van der Waals surface area contributed by atoms with Crippen LogP contribution in [0.5, 0.6) is 11.5 Å². The van der Waals surface area contributed by atoms with Gasteiger partial charge in [-0.1, -0.05) is 31.7 Å². The quantitative estimate of drug-likeness (QED) is 0.648. The standard InChI is InChI=1S/C10H8O2.CH4/c11-9-5-1-3-7-8(9)4-2-6-10(7)12;/h1-6,11-12H;1H4. The normalized spacial score (nSPS) is 9.54. The van der Waals surface area contributed by atoms with Gasteiger partial charge >= 0.3 is 0 Å².